The first kappa shape index (κ1) is 13.4. The van der Waals surface area contributed by atoms with Gasteiger partial charge in [0, 0.05) is 0 Å². The van der Waals surface area contributed by atoms with Crippen LogP contribution in [-0.2, 0) is 0 Å². The molecule has 104 valence electrons. The van der Waals surface area contributed by atoms with Crippen molar-refractivity contribution in [1.82, 2.24) is 0 Å². The van der Waals surface area contributed by atoms with Gasteiger partial charge in [0.1, 0.15) is 16.9 Å². The van der Waals surface area contributed by atoms with Gasteiger partial charge in [-0.1, -0.05) is 0 Å². The molecule has 1 aromatic carbocycles. The fourth-order valence-corrected chi connectivity index (χ4v) is 1.79. The van der Waals surface area contributed by atoms with Crippen LogP contribution in [0.4, 0.5) is 28.9 Å². The Morgan fingerprint density at radius 2 is 1.95 bits per heavy atom. The number of carboxylic acid groups (broad SMARTS) is 1. The third kappa shape index (κ3) is 2.18. The van der Waals surface area contributed by atoms with E-state index >= 15 is 0 Å². The Morgan fingerprint density at radius 1 is 1.37 bits per heavy atom. The summed E-state index contributed by atoms with van der Waals surface area (Å²) in [5.74, 6) is -2.57. The Hall–Kier alpha value is -1.99. The van der Waals surface area contributed by atoms with Gasteiger partial charge in [0.25, 0.3) is 0 Å². The molecule has 1 aliphatic rings. The number of carboxylic acids is 1. The first-order valence-electron chi connectivity index (χ1n) is 5.34. The van der Waals surface area contributed by atoms with Crippen LogP contribution in [-0.4, -0.2) is 22.8 Å². The molecule has 8 heteroatoms. The number of carbonyl (C=O) groups is 1. The highest BCUT2D eigenvalue weighted by Crippen LogP contribution is 2.51. The smallest absolute Gasteiger partial charge is 0.411 e. The minimum Gasteiger partial charge on any atom is -0.478 e. The van der Waals surface area contributed by atoms with Gasteiger partial charge in [-0.05, 0) is 25.0 Å². The number of hydrogen-bond acceptors (Lipinski definition) is 3. The van der Waals surface area contributed by atoms with Crippen LogP contribution in [0.3, 0.4) is 0 Å². The fourth-order valence-electron chi connectivity index (χ4n) is 1.79. The second-order valence-electron chi connectivity index (χ2n) is 4.39. The molecule has 0 aliphatic heterocycles. The summed E-state index contributed by atoms with van der Waals surface area (Å²) in [6.07, 6.45) is -4.83. The summed E-state index contributed by atoms with van der Waals surface area (Å²) in [7, 11) is 0. The molecule has 0 saturated heterocycles. The second-order valence-corrected chi connectivity index (χ2v) is 4.39. The highest BCUT2D eigenvalue weighted by Gasteiger charge is 2.63. The molecule has 0 unspecified atom stereocenters. The van der Waals surface area contributed by atoms with E-state index in [0.29, 0.717) is 0 Å². The Balaban J connectivity index is 2.42. The molecule has 1 aromatic rings. The number of nitrogens with two attached hydrogens (primary N) is 1. The summed E-state index contributed by atoms with van der Waals surface area (Å²) in [5, 5.41) is 11.1. The number of nitrogen functional groups attached to an aromatic ring is 1. The maximum absolute atomic E-state index is 13.2. The largest absolute Gasteiger partial charge is 0.478 e. The molecule has 0 atom stereocenters. The SMILES string of the molecule is Nc1c(F)ccc(NC2(C(F)(F)F)CC2)c1C(=O)O. The van der Waals surface area contributed by atoms with Gasteiger partial charge in [0.2, 0.25) is 0 Å². The van der Waals surface area contributed by atoms with Crippen LogP contribution < -0.4 is 11.1 Å². The lowest BCUT2D eigenvalue weighted by molar-refractivity contribution is -0.151. The van der Waals surface area contributed by atoms with E-state index in [0.717, 1.165) is 12.1 Å². The van der Waals surface area contributed by atoms with E-state index in [-0.39, 0.29) is 18.5 Å². The molecule has 0 aromatic heterocycles. The number of hydrogen-bond donors (Lipinski definition) is 3. The number of rotatable bonds is 3. The average Bonchev–Trinajstić information content (AvgIpc) is 3.03. The predicted octanol–water partition coefficient (Wildman–Crippen LogP) is 2.61. The quantitative estimate of drug-likeness (QED) is 0.587. The van der Waals surface area contributed by atoms with Gasteiger partial charge in [0.05, 0.1) is 11.4 Å². The number of aromatic carboxylic acids is 1. The van der Waals surface area contributed by atoms with Crippen molar-refractivity contribution >= 4 is 17.3 Å². The van der Waals surface area contributed by atoms with E-state index in [1.807, 2.05) is 0 Å². The van der Waals surface area contributed by atoms with Crippen molar-refractivity contribution in [3.8, 4) is 0 Å². The third-order valence-corrected chi connectivity index (χ3v) is 3.07. The predicted molar refractivity (Wildman–Crippen MR) is 59.4 cm³/mol. The topological polar surface area (TPSA) is 75.3 Å². The summed E-state index contributed by atoms with van der Waals surface area (Å²) in [5.41, 5.74) is 1.42. The number of benzene rings is 1. The molecule has 1 fully saturated rings. The van der Waals surface area contributed by atoms with Gasteiger partial charge < -0.3 is 16.2 Å². The van der Waals surface area contributed by atoms with Crippen molar-refractivity contribution in [2.45, 2.75) is 24.6 Å². The number of nitrogens with one attached hydrogen (secondary N) is 1. The zero-order valence-electron chi connectivity index (χ0n) is 9.51. The van der Waals surface area contributed by atoms with Gasteiger partial charge in [-0.2, -0.15) is 13.2 Å². The minimum absolute atomic E-state index is 0.160. The van der Waals surface area contributed by atoms with Crippen LogP contribution in [0.15, 0.2) is 12.1 Å². The molecule has 4 N–H and O–H groups in total. The van der Waals surface area contributed by atoms with Crippen LogP contribution in [0, 0.1) is 5.82 Å². The number of alkyl halides is 3. The van der Waals surface area contributed by atoms with Gasteiger partial charge in [0.15, 0.2) is 0 Å². The van der Waals surface area contributed by atoms with Gasteiger partial charge in [-0.25, -0.2) is 9.18 Å². The molecule has 1 aliphatic carbocycles. The summed E-state index contributed by atoms with van der Waals surface area (Å²) >= 11 is 0. The Morgan fingerprint density at radius 3 is 2.37 bits per heavy atom. The van der Waals surface area contributed by atoms with Crippen molar-refractivity contribution in [2.24, 2.45) is 0 Å². The van der Waals surface area contributed by atoms with E-state index in [2.05, 4.69) is 5.32 Å². The summed E-state index contributed by atoms with van der Waals surface area (Å²) in [6.45, 7) is 0. The van der Waals surface area contributed by atoms with E-state index < -0.39 is 34.8 Å². The van der Waals surface area contributed by atoms with Crippen molar-refractivity contribution in [3.05, 3.63) is 23.5 Å². The van der Waals surface area contributed by atoms with Gasteiger partial charge in [-0.3, -0.25) is 0 Å². The zero-order chi connectivity index (χ0) is 14.4. The van der Waals surface area contributed by atoms with Crippen LogP contribution >= 0.6 is 0 Å². The van der Waals surface area contributed by atoms with Crippen LogP contribution in [0.25, 0.3) is 0 Å². The molecule has 0 bridgehead atoms. The minimum atomic E-state index is -4.51. The van der Waals surface area contributed by atoms with Crippen molar-refractivity contribution in [2.75, 3.05) is 11.1 Å². The monoisotopic (exact) mass is 278 g/mol. The first-order chi connectivity index (χ1) is 8.68. The molecule has 0 radical (unpaired) electrons. The molecule has 19 heavy (non-hydrogen) atoms. The van der Waals surface area contributed by atoms with E-state index in [1.54, 1.807) is 0 Å². The highest BCUT2D eigenvalue weighted by molar-refractivity contribution is 6.00. The Bertz CT molecular complexity index is 538. The fraction of sp³-hybridized carbons (Fsp3) is 0.364. The maximum atomic E-state index is 13.2. The van der Waals surface area contributed by atoms with E-state index in [9.17, 15) is 22.4 Å². The molecule has 2 rings (SSSR count). The lowest BCUT2D eigenvalue weighted by Gasteiger charge is -2.23. The van der Waals surface area contributed by atoms with Crippen molar-refractivity contribution in [1.29, 1.82) is 0 Å². The maximum Gasteiger partial charge on any atom is 0.411 e. The van der Waals surface area contributed by atoms with E-state index in [1.165, 1.54) is 0 Å². The van der Waals surface area contributed by atoms with Crippen LogP contribution in [0.5, 0.6) is 0 Å². The molecule has 1 saturated carbocycles. The molecule has 0 amide bonds. The summed E-state index contributed by atoms with van der Waals surface area (Å²) in [4.78, 5) is 11.0. The molecular weight excluding hydrogens is 268 g/mol. The Labute approximate surface area is 105 Å². The van der Waals surface area contributed by atoms with Crippen molar-refractivity contribution in [3.63, 3.8) is 0 Å². The summed E-state index contributed by atoms with van der Waals surface area (Å²) in [6, 6.07) is 1.78. The van der Waals surface area contributed by atoms with Gasteiger partial charge >= 0.3 is 12.1 Å². The molecule has 0 spiro atoms. The third-order valence-electron chi connectivity index (χ3n) is 3.07. The summed E-state index contributed by atoms with van der Waals surface area (Å²) < 4.78 is 51.5. The van der Waals surface area contributed by atoms with Crippen LogP contribution in [0.1, 0.15) is 23.2 Å². The normalized spacial score (nSPS) is 17.1. The molecule has 4 nitrogen and oxygen atoms in total. The molecular formula is C11H10F4N2O2. The standard InChI is InChI=1S/C11H10F4N2O2/c12-5-1-2-6(7(8(5)16)9(18)19)17-10(3-4-10)11(13,14)15/h1-2,17H,3-4,16H2,(H,18,19). The second kappa shape index (κ2) is 4.01. The average molecular weight is 278 g/mol. The lowest BCUT2D eigenvalue weighted by atomic mass is 10.1. The van der Waals surface area contributed by atoms with Crippen molar-refractivity contribution < 1.29 is 27.5 Å². The van der Waals surface area contributed by atoms with E-state index in [4.69, 9.17) is 10.8 Å². The number of halogens is 4. The molecule has 0 heterocycles. The Kier molecular flexibility index (Phi) is 2.83. The van der Waals surface area contributed by atoms with Crippen LogP contribution in [0.2, 0.25) is 0 Å². The highest BCUT2D eigenvalue weighted by atomic mass is 19.4. The first-order valence-corrected chi connectivity index (χ1v) is 5.34. The zero-order valence-corrected chi connectivity index (χ0v) is 9.51. The lowest BCUT2D eigenvalue weighted by Crippen LogP contribution is -2.39. The van der Waals surface area contributed by atoms with Gasteiger partial charge in [-0.15, -0.1) is 0 Å². The number of anilines is 2.